The Labute approximate surface area is 142 Å². The quantitative estimate of drug-likeness (QED) is 0.546. The summed E-state index contributed by atoms with van der Waals surface area (Å²) < 4.78 is 12.1. The Morgan fingerprint density at radius 2 is 1.91 bits per heavy atom. The third-order valence-electron chi connectivity index (χ3n) is 4.60. The van der Waals surface area contributed by atoms with Crippen molar-refractivity contribution in [3.63, 3.8) is 0 Å². The Kier molecular flexibility index (Phi) is 5.31. The molecule has 1 aliphatic heterocycles. The smallest absolute Gasteiger partial charge is 0.410 e. The summed E-state index contributed by atoms with van der Waals surface area (Å²) in [6, 6.07) is 0. The molecular weight excluding hydrogens is 306 g/mol. The largest absolute Gasteiger partial charge is 0.444 e. The van der Waals surface area contributed by atoms with E-state index in [0.717, 1.165) is 25.8 Å². The maximum absolute atomic E-state index is 12.4. The van der Waals surface area contributed by atoms with Crippen molar-refractivity contribution >= 4 is 14.4 Å². The van der Waals surface area contributed by atoms with Crippen molar-refractivity contribution < 1.29 is 14.0 Å². The number of hydrogen-bond acceptors (Lipinski definition) is 3. The summed E-state index contributed by atoms with van der Waals surface area (Å²) in [7, 11) is -1.67. The van der Waals surface area contributed by atoms with Gasteiger partial charge < -0.3 is 14.1 Å². The minimum atomic E-state index is -1.67. The Morgan fingerprint density at radius 1 is 1.22 bits per heavy atom. The van der Waals surface area contributed by atoms with Crippen LogP contribution in [0.15, 0.2) is 12.2 Å². The van der Waals surface area contributed by atoms with Crippen molar-refractivity contribution in [2.24, 2.45) is 5.41 Å². The lowest BCUT2D eigenvalue weighted by Gasteiger charge is -2.50. The zero-order valence-corrected chi connectivity index (χ0v) is 16.6. The summed E-state index contributed by atoms with van der Waals surface area (Å²) in [6.45, 7) is 13.9. The first-order valence-electron chi connectivity index (χ1n) is 8.82. The molecule has 4 nitrogen and oxygen atoms in total. The van der Waals surface area contributed by atoms with Crippen molar-refractivity contribution in [1.82, 2.24) is 4.90 Å². The van der Waals surface area contributed by atoms with Crippen molar-refractivity contribution in [3.8, 4) is 0 Å². The number of nitrogens with zero attached hydrogens (tertiary/aromatic N) is 1. The Balaban J connectivity index is 2.13. The molecule has 0 bridgehead atoms. The normalized spacial score (nSPS) is 29.0. The fourth-order valence-corrected chi connectivity index (χ4v) is 4.69. The number of hydrogen-bond donors (Lipinski definition) is 0. The highest BCUT2D eigenvalue weighted by Gasteiger charge is 2.46. The van der Waals surface area contributed by atoms with Crippen LogP contribution in [0.4, 0.5) is 4.79 Å². The highest BCUT2D eigenvalue weighted by Crippen LogP contribution is 2.44. The lowest BCUT2D eigenvalue weighted by molar-refractivity contribution is -0.0491. The van der Waals surface area contributed by atoms with Gasteiger partial charge >= 0.3 is 6.09 Å². The van der Waals surface area contributed by atoms with Gasteiger partial charge in [-0.25, -0.2) is 4.79 Å². The number of piperidine rings is 1. The zero-order chi connectivity index (χ0) is 17.3. The first kappa shape index (κ1) is 18.5. The molecule has 2 atom stereocenters. The second-order valence-corrected chi connectivity index (χ2v) is 13.4. The topological polar surface area (TPSA) is 38.8 Å². The predicted octanol–water partition coefficient (Wildman–Crippen LogP) is 4.57. The van der Waals surface area contributed by atoms with Gasteiger partial charge in [-0.1, -0.05) is 12.2 Å². The molecule has 2 unspecified atom stereocenters. The first-order valence-corrected chi connectivity index (χ1v) is 12.2. The van der Waals surface area contributed by atoms with Gasteiger partial charge in [-0.05, 0) is 66.1 Å². The van der Waals surface area contributed by atoms with Crippen LogP contribution < -0.4 is 0 Å². The van der Waals surface area contributed by atoms with Gasteiger partial charge in [0, 0.05) is 18.5 Å². The van der Waals surface area contributed by atoms with Crippen LogP contribution in [0.5, 0.6) is 0 Å². The third kappa shape index (κ3) is 5.08. The fourth-order valence-electron chi connectivity index (χ4n) is 3.51. The van der Waals surface area contributed by atoms with Crippen LogP contribution in [-0.4, -0.2) is 44.1 Å². The van der Waals surface area contributed by atoms with E-state index < -0.39 is 13.9 Å². The molecule has 2 aliphatic rings. The van der Waals surface area contributed by atoms with Crippen molar-refractivity contribution in [2.45, 2.75) is 77.8 Å². The zero-order valence-electron chi connectivity index (χ0n) is 15.6. The molecule has 1 amide bonds. The van der Waals surface area contributed by atoms with Crippen molar-refractivity contribution in [2.75, 3.05) is 13.1 Å². The van der Waals surface area contributed by atoms with Gasteiger partial charge in [-0.15, -0.1) is 0 Å². The van der Waals surface area contributed by atoms with Crippen LogP contribution in [-0.2, 0) is 9.16 Å². The van der Waals surface area contributed by atoms with Crippen LogP contribution in [0.3, 0.4) is 0 Å². The minimum Gasteiger partial charge on any atom is -0.444 e. The number of allylic oxidation sites excluding steroid dienone is 2. The van der Waals surface area contributed by atoms with E-state index in [1.54, 1.807) is 0 Å². The molecule has 132 valence electrons. The molecule has 0 aromatic rings. The summed E-state index contributed by atoms with van der Waals surface area (Å²) in [4.78, 5) is 14.3. The second-order valence-electron chi connectivity index (χ2n) is 8.97. The number of carbonyl (C=O) groups is 1. The van der Waals surface area contributed by atoms with Crippen LogP contribution in [0, 0.1) is 5.41 Å². The van der Waals surface area contributed by atoms with Crippen molar-refractivity contribution in [3.05, 3.63) is 12.2 Å². The predicted molar refractivity (Wildman–Crippen MR) is 96.1 cm³/mol. The van der Waals surface area contributed by atoms with Gasteiger partial charge in [0.2, 0.25) is 0 Å². The number of rotatable bonds is 2. The molecule has 0 N–H and O–H groups in total. The molecule has 0 radical (unpaired) electrons. The molecule has 1 fully saturated rings. The summed E-state index contributed by atoms with van der Waals surface area (Å²) in [5.74, 6) is 0. The van der Waals surface area contributed by atoms with Crippen LogP contribution in [0.1, 0.15) is 46.5 Å². The standard InChI is InChI=1S/C18H33NO3Si/c1-17(2,3)21-16(20)19-13-12-18(10-8-7-9-11-18)15(14-19)22-23(4,5)6/h7-8,15H,9-14H2,1-6H3. The Morgan fingerprint density at radius 3 is 2.43 bits per heavy atom. The number of ether oxygens (including phenoxy) is 1. The Bertz CT molecular complexity index is 464. The summed E-state index contributed by atoms with van der Waals surface area (Å²) in [5, 5.41) is 0. The number of carbonyl (C=O) groups excluding carboxylic acids is 1. The van der Waals surface area contributed by atoms with E-state index in [4.69, 9.17) is 9.16 Å². The highest BCUT2D eigenvalue weighted by molar-refractivity contribution is 6.69. The van der Waals surface area contributed by atoms with E-state index in [2.05, 4.69) is 31.8 Å². The van der Waals surface area contributed by atoms with Gasteiger partial charge in [0.25, 0.3) is 0 Å². The van der Waals surface area contributed by atoms with Crippen molar-refractivity contribution in [1.29, 1.82) is 0 Å². The van der Waals surface area contributed by atoms with E-state index >= 15 is 0 Å². The van der Waals surface area contributed by atoms with E-state index in [-0.39, 0.29) is 17.6 Å². The van der Waals surface area contributed by atoms with Gasteiger partial charge in [0.15, 0.2) is 8.32 Å². The average molecular weight is 340 g/mol. The molecular formula is C18H33NO3Si. The molecule has 1 spiro atoms. The van der Waals surface area contributed by atoms with Crippen LogP contribution in [0.25, 0.3) is 0 Å². The van der Waals surface area contributed by atoms with Crippen LogP contribution in [0.2, 0.25) is 19.6 Å². The summed E-state index contributed by atoms with van der Waals surface area (Å²) in [5.41, 5.74) is -0.248. The second kappa shape index (κ2) is 6.59. The SMILES string of the molecule is CC(C)(C)OC(=O)N1CCC2(CC=CCC2)C(O[Si](C)(C)C)C1. The molecule has 1 saturated heterocycles. The molecule has 23 heavy (non-hydrogen) atoms. The highest BCUT2D eigenvalue weighted by atomic mass is 28.4. The molecule has 5 heteroatoms. The monoisotopic (exact) mass is 339 g/mol. The molecule has 1 heterocycles. The van der Waals surface area contributed by atoms with Gasteiger partial charge in [0.05, 0.1) is 6.10 Å². The minimum absolute atomic E-state index is 0.125. The van der Waals surface area contributed by atoms with E-state index in [0.29, 0.717) is 6.54 Å². The molecule has 0 saturated carbocycles. The molecule has 2 rings (SSSR count). The lowest BCUT2D eigenvalue weighted by Crippen LogP contribution is -2.57. The average Bonchev–Trinajstić information content (AvgIpc) is 2.39. The van der Waals surface area contributed by atoms with Crippen LogP contribution >= 0.6 is 0 Å². The number of amides is 1. The van der Waals surface area contributed by atoms with E-state index in [1.807, 2.05) is 25.7 Å². The fraction of sp³-hybridized carbons (Fsp3) is 0.833. The molecule has 0 aromatic heterocycles. The maximum atomic E-state index is 12.4. The maximum Gasteiger partial charge on any atom is 0.410 e. The van der Waals surface area contributed by atoms with Gasteiger partial charge in [-0.3, -0.25) is 0 Å². The molecule has 0 aromatic carbocycles. The third-order valence-corrected chi connectivity index (χ3v) is 5.59. The summed E-state index contributed by atoms with van der Waals surface area (Å²) in [6.07, 6.45) is 8.86. The van der Waals surface area contributed by atoms with Gasteiger partial charge in [-0.2, -0.15) is 0 Å². The number of likely N-dealkylation sites (tertiary alicyclic amines) is 1. The van der Waals surface area contributed by atoms with Gasteiger partial charge in [0.1, 0.15) is 5.60 Å². The first-order chi connectivity index (χ1) is 10.5. The molecule has 1 aliphatic carbocycles. The van der Waals surface area contributed by atoms with E-state index in [9.17, 15) is 4.79 Å². The Hall–Kier alpha value is -0.813. The lowest BCUT2D eigenvalue weighted by atomic mass is 9.68. The van der Waals surface area contributed by atoms with E-state index in [1.165, 1.54) is 6.42 Å². The summed E-state index contributed by atoms with van der Waals surface area (Å²) >= 11 is 0.